The average molecular weight is 87.2 g/mol. The Morgan fingerprint density at radius 2 is 2.67 bits per heavy atom. The number of hydrogen-bond acceptors (Lipinski definition) is 1. The normalized spacial score (nSPS) is 63.8. The maximum atomic E-state index is 7.28. The van der Waals surface area contributed by atoms with Crippen LogP contribution in [0.25, 0.3) is 0 Å². The fraction of sp³-hybridized carbons (Fsp3) is 1.00. The second kappa shape index (κ2) is 1.61. The zero-order valence-corrected chi connectivity index (χ0v) is 3.78. The summed E-state index contributed by atoms with van der Waals surface area (Å²) in [4.78, 5) is 0. The molecule has 0 bridgehead atoms. The molecule has 0 radical (unpaired) electrons. The zero-order chi connectivity index (χ0) is 6.20. The Kier molecular flexibility index (Phi) is 0.619. The van der Waals surface area contributed by atoms with Crippen LogP contribution in [-0.2, 0) is 0 Å². The highest BCUT2D eigenvalue weighted by Gasteiger charge is 2.07. The lowest BCUT2D eigenvalue weighted by molar-refractivity contribution is 0.704. The highest BCUT2D eigenvalue weighted by molar-refractivity contribution is 4.67. The van der Waals surface area contributed by atoms with E-state index in [2.05, 4.69) is 0 Å². The van der Waals surface area contributed by atoms with Crippen molar-refractivity contribution in [3.8, 4) is 0 Å². The lowest BCUT2D eigenvalue weighted by Gasteiger charge is -1.92. The van der Waals surface area contributed by atoms with Crippen LogP contribution in [0.5, 0.6) is 0 Å². The van der Waals surface area contributed by atoms with Crippen molar-refractivity contribution in [3.63, 3.8) is 0 Å². The molecule has 0 heterocycles. The maximum Gasteiger partial charge on any atom is 0.0462 e. The number of rotatable bonds is 0. The van der Waals surface area contributed by atoms with Crippen LogP contribution in [-0.4, -0.2) is 6.02 Å². The van der Waals surface area contributed by atoms with Crippen LogP contribution in [0.15, 0.2) is 0 Å². The Morgan fingerprint density at radius 3 is 2.83 bits per heavy atom. The Balaban J connectivity index is 2.54. The molecule has 0 aromatic rings. The summed E-state index contributed by atoms with van der Waals surface area (Å²) in [5.74, 6) is 0. The third-order valence-corrected chi connectivity index (χ3v) is 1.08. The molecule has 1 fully saturated rings. The average Bonchev–Trinajstić information content (AvgIpc) is 1.86. The molecule has 1 aliphatic rings. The molecule has 1 rings (SSSR count). The molecule has 2 atom stereocenters. The van der Waals surface area contributed by atoms with Crippen LogP contribution in [0.2, 0.25) is 0 Å². The van der Waals surface area contributed by atoms with Gasteiger partial charge in [-0.15, -0.1) is 0 Å². The Labute approximate surface area is 41.3 Å². The van der Waals surface area contributed by atoms with Gasteiger partial charge in [-0.3, -0.25) is 0 Å². The van der Waals surface area contributed by atoms with Gasteiger partial charge in [0.05, 0.1) is 0 Å². The SMILES string of the molecule is [2H]C1CCCC1([2H])N. The first-order valence-corrected chi connectivity index (χ1v) is 2.34. The fourth-order valence-corrected chi connectivity index (χ4v) is 0.696. The van der Waals surface area contributed by atoms with Crippen LogP contribution >= 0.6 is 0 Å². The van der Waals surface area contributed by atoms with E-state index < -0.39 is 6.02 Å². The summed E-state index contributed by atoms with van der Waals surface area (Å²) in [5.41, 5.74) is 5.40. The van der Waals surface area contributed by atoms with E-state index in [0.29, 0.717) is 6.42 Å². The van der Waals surface area contributed by atoms with Crippen molar-refractivity contribution < 1.29 is 2.74 Å². The predicted molar refractivity (Wildman–Crippen MR) is 26.4 cm³/mol. The monoisotopic (exact) mass is 87.1 g/mol. The molecule has 6 heavy (non-hydrogen) atoms. The summed E-state index contributed by atoms with van der Waals surface area (Å²) >= 11 is 0. The van der Waals surface area contributed by atoms with Crippen molar-refractivity contribution in [2.75, 3.05) is 0 Å². The highest BCUT2D eigenvalue weighted by Crippen LogP contribution is 2.14. The maximum absolute atomic E-state index is 7.28. The first-order chi connectivity index (χ1) is 3.63. The van der Waals surface area contributed by atoms with Crippen LogP contribution < -0.4 is 5.73 Å². The van der Waals surface area contributed by atoms with E-state index in [9.17, 15) is 0 Å². The first-order valence-electron chi connectivity index (χ1n) is 3.42. The molecule has 0 aliphatic heterocycles. The molecule has 36 valence electrons. The van der Waals surface area contributed by atoms with Gasteiger partial charge in [-0.1, -0.05) is 12.8 Å². The van der Waals surface area contributed by atoms with Crippen molar-refractivity contribution >= 4 is 0 Å². The smallest absolute Gasteiger partial charge is 0.0462 e. The predicted octanol–water partition coefficient (Wildman–Crippen LogP) is 0.888. The third-order valence-electron chi connectivity index (χ3n) is 1.08. The van der Waals surface area contributed by atoms with E-state index in [1.165, 1.54) is 0 Å². The summed E-state index contributed by atoms with van der Waals surface area (Å²) in [5, 5.41) is 0. The highest BCUT2D eigenvalue weighted by atomic mass is 14.6. The van der Waals surface area contributed by atoms with Crippen LogP contribution in [0.3, 0.4) is 0 Å². The van der Waals surface area contributed by atoms with Gasteiger partial charge < -0.3 is 5.73 Å². The summed E-state index contributed by atoms with van der Waals surface area (Å²) < 4.78 is 14.5. The number of nitrogens with two attached hydrogens (primary N) is 1. The van der Waals surface area contributed by atoms with Gasteiger partial charge in [0.25, 0.3) is 0 Å². The van der Waals surface area contributed by atoms with Gasteiger partial charge in [0.15, 0.2) is 0 Å². The molecule has 1 saturated carbocycles. The van der Waals surface area contributed by atoms with Gasteiger partial charge in [-0.2, -0.15) is 0 Å². The molecule has 2 unspecified atom stereocenters. The lowest BCUT2D eigenvalue weighted by Crippen LogP contribution is -2.13. The van der Waals surface area contributed by atoms with E-state index in [4.69, 9.17) is 8.48 Å². The van der Waals surface area contributed by atoms with E-state index in [0.717, 1.165) is 12.8 Å². The van der Waals surface area contributed by atoms with E-state index in [1.54, 1.807) is 0 Å². The van der Waals surface area contributed by atoms with Gasteiger partial charge >= 0.3 is 0 Å². The summed E-state index contributed by atoms with van der Waals surface area (Å²) in [7, 11) is 0. The topological polar surface area (TPSA) is 26.0 Å². The van der Waals surface area contributed by atoms with Gasteiger partial charge in [-0.25, -0.2) is 0 Å². The molecule has 1 nitrogen and oxygen atoms in total. The van der Waals surface area contributed by atoms with Gasteiger partial charge in [0, 0.05) is 8.76 Å². The minimum absolute atomic E-state index is 0.345. The second-order valence-electron chi connectivity index (χ2n) is 1.67. The van der Waals surface area contributed by atoms with Gasteiger partial charge in [-0.05, 0) is 12.8 Å². The molecule has 0 saturated heterocycles. The molecule has 0 aromatic carbocycles. The van der Waals surface area contributed by atoms with Crippen molar-refractivity contribution in [1.82, 2.24) is 0 Å². The standard InChI is InChI=1S/C5H11N/c6-5-3-1-2-4-5/h5H,1-4,6H2/i3D,5D. The summed E-state index contributed by atoms with van der Waals surface area (Å²) in [6.45, 7) is 0. The molecule has 0 aromatic heterocycles. The van der Waals surface area contributed by atoms with Gasteiger partial charge in [0.2, 0.25) is 0 Å². The van der Waals surface area contributed by atoms with Crippen LogP contribution in [0.4, 0.5) is 0 Å². The zero-order valence-electron chi connectivity index (χ0n) is 5.78. The quantitative estimate of drug-likeness (QED) is 0.466. The van der Waals surface area contributed by atoms with Crippen molar-refractivity contribution in [1.29, 1.82) is 0 Å². The van der Waals surface area contributed by atoms with Crippen molar-refractivity contribution in [3.05, 3.63) is 0 Å². The van der Waals surface area contributed by atoms with E-state index in [1.807, 2.05) is 0 Å². The van der Waals surface area contributed by atoms with E-state index >= 15 is 0 Å². The Bertz CT molecular complexity index is 92.4. The minimum Gasteiger partial charge on any atom is -0.328 e. The molecule has 0 spiro atoms. The molecular formula is C5H11N. The van der Waals surface area contributed by atoms with Crippen LogP contribution in [0, 0.1) is 0 Å². The third kappa shape index (κ3) is 0.716. The number of hydrogen-bond donors (Lipinski definition) is 1. The molecule has 1 aliphatic carbocycles. The second-order valence-corrected chi connectivity index (χ2v) is 1.67. The Hall–Kier alpha value is -0.0400. The molecule has 2 N–H and O–H groups in total. The largest absolute Gasteiger partial charge is 0.328 e. The van der Waals surface area contributed by atoms with Gasteiger partial charge in [0.1, 0.15) is 0 Å². The van der Waals surface area contributed by atoms with E-state index in [-0.39, 0.29) is 6.40 Å². The fourth-order valence-electron chi connectivity index (χ4n) is 0.696. The molecule has 0 amide bonds. The minimum atomic E-state index is -0.931. The van der Waals surface area contributed by atoms with Crippen molar-refractivity contribution in [2.45, 2.75) is 31.7 Å². The van der Waals surface area contributed by atoms with Crippen molar-refractivity contribution in [2.24, 2.45) is 5.73 Å². The Morgan fingerprint density at radius 1 is 1.83 bits per heavy atom. The first kappa shape index (κ1) is 2.31. The lowest BCUT2D eigenvalue weighted by atomic mass is 10.3. The van der Waals surface area contributed by atoms with Crippen LogP contribution in [0.1, 0.15) is 28.4 Å². The summed E-state index contributed by atoms with van der Waals surface area (Å²) in [6, 6.07) is -0.931. The molecular weight excluding hydrogens is 74.1 g/mol. The summed E-state index contributed by atoms with van der Waals surface area (Å²) in [6.07, 6.45) is 2.11. The molecule has 1 heteroatoms.